The third kappa shape index (κ3) is 5.13. The number of rotatable bonds is 9. The summed E-state index contributed by atoms with van der Waals surface area (Å²) in [5.41, 5.74) is 0.974. The maximum atomic E-state index is 12.5. The number of aryl methyl sites for hydroxylation is 1. The second-order valence-corrected chi connectivity index (χ2v) is 7.55. The Bertz CT molecular complexity index is 535. The fourth-order valence-corrected chi connectivity index (χ4v) is 3.81. The average Bonchev–Trinajstić information content (AvgIpc) is 2.78. The summed E-state index contributed by atoms with van der Waals surface area (Å²) in [6.07, 6.45) is 3.52. The predicted molar refractivity (Wildman–Crippen MR) is 86.6 cm³/mol. The number of nitrogens with zero attached hydrogens (tertiary/aromatic N) is 1. The molecule has 0 saturated carbocycles. The molecule has 0 saturated heterocycles. The first-order valence-corrected chi connectivity index (χ1v) is 9.18. The highest BCUT2D eigenvalue weighted by Crippen LogP contribution is 2.16. The van der Waals surface area contributed by atoms with E-state index < -0.39 is 10.0 Å². The van der Waals surface area contributed by atoms with E-state index in [1.165, 1.54) is 0 Å². The van der Waals surface area contributed by atoms with Crippen LogP contribution in [0.5, 0.6) is 0 Å². The third-order valence-corrected chi connectivity index (χ3v) is 5.13. The molecule has 0 amide bonds. The summed E-state index contributed by atoms with van der Waals surface area (Å²) in [6.45, 7) is 9.77. The summed E-state index contributed by atoms with van der Waals surface area (Å²) >= 11 is 0. The first-order valence-electron chi connectivity index (χ1n) is 7.70. The van der Waals surface area contributed by atoms with E-state index in [2.05, 4.69) is 17.0 Å². The lowest BCUT2D eigenvalue weighted by Crippen LogP contribution is -2.37. The molecule has 0 aliphatic carbocycles. The van der Waals surface area contributed by atoms with Gasteiger partial charge in [-0.05, 0) is 31.4 Å². The monoisotopic (exact) mass is 315 g/mol. The molecule has 0 spiro atoms. The van der Waals surface area contributed by atoms with E-state index in [1.54, 1.807) is 12.3 Å². The Morgan fingerprint density at radius 1 is 1.29 bits per heavy atom. The van der Waals surface area contributed by atoms with E-state index in [9.17, 15) is 8.42 Å². The van der Waals surface area contributed by atoms with Gasteiger partial charge in [-0.15, -0.1) is 0 Å². The van der Waals surface area contributed by atoms with Crippen molar-refractivity contribution in [2.24, 2.45) is 13.0 Å². The Morgan fingerprint density at radius 3 is 2.48 bits per heavy atom. The summed E-state index contributed by atoms with van der Waals surface area (Å²) in [7, 11) is -1.57. The zero-order valence-electron chi connectivity index (χ0n) is 13.8. The molecule has 1 atom stereocenters. The van der Waals surface area contributed by atoms with Gasteiger partial charge in [0.15, 0.2) is 0 Å². The van der Waals surface area contributed by atoms with Crippen LogP contribution in [0.3, 0.4) is 0 Å². The number of hydrogen-bond acceptors (Lipinski definition) is 3. The van der Waals surface area contributed by atoms with Crippen molar-refractivity contribution >= 4 is 10.0 Å². The lowest BCUT2D eigenvalue weighted by molar-refractivity contribution is 0.437. The first kappa shape index (κ1) is 18.2. The fourth-order valence-electron chi connectivity index (χ4n) is 2.25. The van der Waals surface area contributed by atoms with Crippen LogP contribution in [0.4, 0.5) is 0 Å². The summed E-state index contributed by atoms with van der Waals surface area (Å²) in [6, 6.07) is 1.72. The van der Waals surface area contributed by atoms with Crippen molar-refractivity contribution in [1.82, 2.24) is 14.6 Å². The van der Waals surface area contributed by atoms with Gasteiger partial charge in [0, 0.05) is 31.5 Å². The van der Waals surface area contributed by atoms with E-state index in [0.29, 0.717) is 11.4 Å². The first-order chi connectivity index (χ1) is 9.81. The van der Waals surface area contributed by atoms with Gasteiger partial charge in [0.2, 0.25) is 10.0 Å². The molecule has 2 N–H and O–H groups in total. The summed E-state index contributed by atoms with van der Waals surface area (Å²) < 4.78 is 29.6. The van der Waals surface area contributed by atoms with Crippen LogP contribution < -0.4 is 10.0 Å². The molecule has 1 heterocycles. The van der Waals surface area contributed by atoms with Crippen molar-refractivity contribution in [2.45, 2.75) is 58.0 Å². The van der Waals surface area contributed by atoms with Crippen LogP contribution in [0.25, 0.3) is 0 Å². The Kier molecular flexibility index (Phi) is 6.90. The smallest absolute Gasteiger partial charge is 0.242 e. The van der Waals surface area contributed by atoms with Gasteiger partial charge in [0.25, 0.3) is 0 Å². The van der Waals surface area contributed by atoms with E-state index in [1.807, 2.05) is 32.4 Å². The minimum Gasteiger partial charge on any atom is -0.352 e. The molecular weight excluding hydrogens is 286 g/mol. The normalized spacial score (nSPS) is 13.8. The molecule has 0 radical (unpaired) electrons. The Hall–Kier alpha value is -0.850. The van der Waals surface area contributed by atoms with Crippen molar-refractivity contribution in [1.29, 1.82) is 0 Å². The largest absolute Gasteiger partial charge is 0.352 e. The van der Waals surface area contributed by atoms with Gasteiger partial charge >= 0.3 is 0 Å². The standard InChI is InChI=1S/C15H29N3O2S/c1-6-8-16-10-13-9-14(11-18(13)5)21(19,20)17-15(7-2)12(3)4/h9,11-12,15-17H,6-8,10H2,1-5H3. The predicted octanol–water partition coefficient (Wildman–Crippen LogP) is 2.24. The molecule has 5 nitrogen and oxygen atoms in total. The Labute approximate surface area is 129 Å². The van der Waals surface area contributed by atoms with Crippen molar-refractivity contribution in [2.75, 3.05) is 6.54 Å². The molecule has 1 rings (SSSR count). The minimum absolute atomic E-state index is 0.0307. The van der Waals surface area contributed by atoms with E-state index in [0.717, 1.165) is 25.1 Å². The molecule has 122 valence electrons. The van der Waals surface area contributed by atoms with Gasteiger partial charge in [-0.1, -0.05) is 27.7 Å². The highest BCUT2D eigenvalue weighted by atomic mass is 32.2. The van der Waals surface area contributed by atoms with Gasteiger partial charge in [0.1, 0.15) is 0 Å². The van der Waals surface area contributed by atoms with E-state index in [-0.39, 0.29) is 12.0 Å². The van der Waals surface area contributed by atoms with Crippen LogP contribution in [-0.2, 0) is 23.6 Å². The van der Waals surface area contributed by atoms with Crippen LogP contribution in [-0.4, -0.2) is 25.6 Å². The fraction of sp³-hybridized carbons (Fsp3) is 0.733. The molecule has 6 heteroatoms. The Balaban J connectivity index is 2.86. The van der Waals surface area contributed by atoms with Crippen molar-refractivity contribution in [3.8, 4) is 0 Å². The third-order valence-electron chi connectivity index (χ3n) is 3.68. The van der Waals surface area contributed by atoms with Gasteiger partial charge in [0.05, 0.1) is 4.90 Å². The molecule has 21 heavy (non-hydrogen) atoms. The van der Waals surface area contributed by atoms with Crippen LogP contribution >= 0.6 is 0 Å². The summed E-state index contributed by atoms with van der Waals surface area (Å²) in [4.78, 5) is 0.345. The second-order valence-electron chi connectivity index (χ2n) is 5.83. The van der Waals surface area contributed by atoms with Crippen LogP contribution in [0.2, 0.25) is 0 Å². The molecular formula is C15H29N3O2S. The van der Waals surface area contributed by atoms with Crippen molar-refractivity contribution < 1.29 is 8.42 Å². The van der Waals surface area contributed by atoms with Gasteiger partial charge < -0.3 is 9.88 Å². The average molecular weight is 315 g/mol. The molecule has 0 aliphatic rings. The number of nitrogens with one attached hydrogen (secondary N) is 2. The summed E-state index contributed by atoms with van der Waals surface area (Å²) in [5.74, 6) is 0.277. The lowest BCUT2D eigenvalue weighted by Gasteiger charge is -2.20. The van der Waals surface area contributed by atoms with E-state index >= 15 is 0 Å². The van der Waals surface area contributed by atoms with Crippen molar-refractivity contribution in [3.05, 3.63) is 18.0 Å². The molecule has 0 fully saturated rings. The maximum absolute atomic E-state index is 12.5. The van der Waals surface area contributed by atoms with E-state index in [4.69, 9.17) is 0 Å². The highest BCUT2D eigenvalue weighted by Gasteiger charge is 2.22. The Morgan fingerprint density at radius 2 is 1.95 bits per heavy atom. The highest BCUT2D eigenvalue weighted by molar-refractivity contribution is 7.89. The summed E-state index contributed by atoms with van der Waals surface area (Å²) in [5, 5.41) is 3.29. The second kappa shape index (κ2) is 7.96. The lowest BCUT2D eigenvalue weighted by atomic mass is 10.0. The van der Waals surface area contributed by atoms with Crippen LogP contribution in [0.1, 0.15) is 46.2 Å². The molecule has 0 bridgehead atoms. The van der Waals surface area contributed by atoms with Gasteiger partial charge in [-0.2, -0.15) is 0 Å². The van der Waals surface area contributed by atoms with Gasteiger partial charge in [-0.25, -0.2) is 13.1 Å². The topological polar surface area (TPSA) is 63.1 Å². The SMILES string of the molecule is CCCNCc1cc(S(=O)(=O)NC(CC)C(C)C)cn1C. The minimum atomic E-state index is -3.45. The maximum Gasteiger partial charge on any atom is 0.242 e. The number of aromatic nitrogens is 1. The van der Waals surface area contributed by atoms with Crippen molar-refractivity contribution in [3.63, 3.8) is 0 Å². The molecule has 1 aromatic heterocycles. The van der Waals surface area contributed by atoms with Crippen LogP contribution in [0, 0.1) is 5.92 Å². The zero-order chi connectivity index (χ0) is 16.0. The molecule has 0 aromatic carbocycles. The quantitative estimate of drug-likeness (QED) is 0.687. The molecule has 1 unspecified atom stereocenters. The zero-order valence-corrected chi connectivity index (χ0v) is 14.6. The molecule has 0 aliphatic heterocycles. The van der Waals surface area contributed by atoms with Crippen LogP contribution in [0.15, 0.2) is 17.2 Å². The number of hydrogen-bond donors (Lipinski definition) is 2. The van der Waals surface area contributed by atoms with Gasteiger partial charge in [-0.3, -0.25) is 0 Å². The molecule has 1 aromatic rings. The number of sulfonamides is 1.